The maximum atomic E-state index is 12.5. The Morgan fingerprint density at radius 1 is 1.08 bits per heavy atom. The van der Waals surface area contributed by atoms with Gasteiger partial charge in [0.1, 0.15) is 11.5 Å². The summed E-state index contributed by atoms with van der Waals surface area (Å²) in [5.74, 6) is 1.74. The Balaban J connectivity index is 0.00000208. The number of amides is 1. The smallest absolute Gasteiger partial charge is 0.251 e. The molecule has 0 bridgehead atoms. The molecule has 2 atom stereocenters. The van der Waals surface area contributed by atoms with Gasteiger partial charge in [0, 0.05) is 11.6 Å². The van der Waals surface area contributed by atoms with Crippen LogP contribution in [0.4, 0.5) is 0 Å². The first-order valence-corrected chi connectivity index (χ1v) is 8.10. The fourth-order valence-electron chi connectivity index (χ4n) is 3.09. The minimum atomic E-state index is -0.0612. The molecule has 5 heteroatoms. The second-order valence-electron chi connectivity index (χ2n) is 5.95. The third-order valence-corrected chi connectivity index (χ3v) is 4.35. The quantitative estimate of drug-likeness (QED) is 0.866. The van der Waals surface area contributed by atoms with Crippen LogP contribution in [0.25, 0.3) is 0 Å². The largest absolute Gasteiger partial charge is 0.457 e. The second kappa shape index (κ2) is 8.71. The van der Waals surface area contributed by atoms with Gasteiger partial charge >= 0.3 is 0 Å². The predicted molar refractivity (Wildman–Crippen MR) is 97.9 cm³/mol. The lowest BCUT2D eigenvalue weighted by atomic mass is 10.0. The SMILES string of the molecule is Cl.NCC1CCCC1NC(=O)c1cccc(Oc2ccccc2)c1. The van der Waals surface area contributed by atoms with Crippen LogP contribution in [0.5, 0.6) is 11.5 Å². The molecule has 0 heterocycles. The summed E-state index contributed by atoms with van der Waals surface area (Å²) in [5, 5.41) is 3.11. The molecule has 1 fully saturated rings. The van der Waals surface area contributed by atoms with E-state index in [1.807, 2.05) is 42.5 Å². The first-order valence-electron chi connectivity index (χ1n) is 8.10. The number of ether oxygens (including phenoxy) is 1. The van der Waals surface area contributed by atoms with E-state index in [2.05, 4.69) is 5.32 Å². The van der Waals surface area contributed by atoms with Crippen molar-refractivity contribution >= 4 is 18.3 Å². The van der Waals surface area contributed by atoms with Gasteiger partial charge in [0.25, 0.3) is 5.91 Å². The summed E-state index contributed by atoms with van der Waals surface area (Å²) in [7, 11) is 0. The van der Waals surface area contributed by atoms with E-state index >= 15 is 0 Å². The van der Waals surface area contributed by atoms with Crippen molar-refractivity contribution in [3.63, 3.8) is 0 Å². The summed E-state index contributed by atoms with van der Waals surface area (Å²) >= 11 is 0. The Morgan fingerprint density at radius 2 is 1.83 bits per heavy atom. The first-order chi connectivity index (χ1) is 11.3. The van der Waals surface area contributed by atoms with Gasteiger partial charge in [-0.05, 0) is 55.6 Å². The van der Waals surface area contributed by atoms with Crippen molar-refractivity contribution in [3.8, 4) is 11.5 Å². The van der Waals surface area contributed by atoms with Crippen molar-refractivity contribution in [2.75, 3.05) is 6.54 Å². The molecule has 128 valence electrons. The number of hydrogen-bond donors (Lipinski definition) is 2. The zero-order valence-electron chi connectivity index (χ0n) is 13.5. The normalized spacial score (nSPS) is 19.4. The zero-order valence-corrected chi connectivity index (χ0v) is 14.3. The lowest BCUT2D eigenvalue weighted by molar-refractivity contribution is 0.0928. The fraction of sp³-hybridized carbons (Fsp3) is 0.316. The Hall–Kier alpha value is -2.04. The van der Waals surface area contributed by atoms with Crippen molar-refractivity contribution < 1.29 is 9.53 Å². The number of para-hydroxylation sites is 1. The molecule has 3 rings (SSSR count). The van der Waals surface area contributed by atoms with E-state index in [4.69, 9.17) is 10.5 Å². The van der Waals surface area contributed by atoms with Crippen molar-refractivity contribution in [1.82, 2.24) is 5.32 Å². The first kappa shape index (κ1) is 18.3. The van der Waals surface area contributed by atoms with Crippen LogP contribution in [0, 0.1) is 5.92 Å². The van der Waals surface area contributed by atoms with Crippen LogP contribution in [-0.4, -0.2) is 18.5 Å². The monoisotopic (exact) mass is 346 g/mol. The number of nitrogens with two attached hydrogens (primary N) is 1. The lowest BCUT2D eigenvalue weighted by Crippen LogP contribution is -2.39. The lowest BCUT2D eigenvalue weighted by Gasteiger charge is -2.19. The molecular formula is C19H23ClN2O2. The van der Waals surface area contributed by atoms with Crippen LogP contribution in [0.3, 0.4) is 0 Å². The molecule has 1 amide bonds. The number of halogens is 1. The summed E-state index contributed by atoms with van der Waals surface area (Å²) in [6.07, 6.45) is 3.23. The molecule has 4 nitrogen and oxygen atoms in total. The Labute approximate surface area is 148 Å². The summed E-state index contributed by atoms with van der Waals surface area (Å²) in [6.45, 7) is 0.627. The molecule has 1 saturated carbocycles. The van der Waals surface area contributed by atoms with E-state index in [0.29, 0.717) is 23.8 Å². The number of hydrogen-bond acceptors (Lipinski definition) is 3. The van der Waals surface area contributed by atoms with Gasteiger partial charge in [-0.15, -0.1) is 12.4 Å². The van der Waals surface area contributed by atoms with Gasteiger partial charge in [-0.1, -0.05) is 30.7 Å². The van der Waals surface area contributed by atoms with Crippen LogP contribution in [0.15, 0.2) is 54.6 Å². The molecule has 0 spiro atoms. The number of rotatable bonds is 5. The summed E-state index contributed by atoms with van der Waals surface area (Å²) in [5.41, 5.74) is 6.39. The van der Waals surface area contributed by atoms with Gasteiger partial charge in [-0.2, -0.15) is 0 Å². The van der Waals surface area contributed by atoms with E-state index in [1.54, 1.807) is 12.1 Å². The molecule has 0 aliphatic heterocycles. The van der Waals surface area contributed by atoms with E-state index in [9.17, 15) is 4.79 Å². The molecule has 3 N–H and O–H groups in total. The number of nitrogens with one attached hydrogen (secondary N) is 1. The molecule has 2 aromatic carbocycles. The van der Waals surface area contributed by atoms with Crippen molar-refractivity contribution in [3.05, 3.63) is 60.2 Å². The third kappa shape index (κ3) is 4.49. The maximum absolute atomic E-state index is 12.5. The highest BCUT2D eigenvalue weighted by molar-refractivity contribution is 5.94. The second-order valence-corrected chi connectivity index (χ2v) is 5.95. The molecule has 0 saturated heterocycles. The van der Waals surface area contributed by atoms with Crippen LogP contribution < -0.4 is 15.8 Å². The molecular weight excluding hydrogens is 324 g/mol. The van der Waals surface area contributed by atoms with Gasteiger partial charge in [0.2, 0.25) is 0 Å². The highest BCUT2D eigenvalue weighted by Gasteiger charge is 2.27. The molecule has 24 heavy (non-hydrogen) atoms. The molecule has 1 aliphatic rings. The van der Waals surface area contributed by atoms with Gasteiger partial charge in [-0.3, -0.25) is 4.79 Å². The summed E-state index contributed by atoms with van der Waals surface area (Å²) in [4.78, 5) is 12.5. The Morgan fingerprint density at radius 3 is 2.58 bits per heavy atom. The van der Waals surface area contributed by atoms with Crippen LogP contribution >= 0.6 is 12.4 Å². The molecule has 0 aromatic heterocycles. The van der Waals surface area contributed by atoms with Gasteiger partial charge in [-0.25, -0.2) is 0 Å². The standard InChI is InChI=1S/C19H22N2O2.ClH/c20-13-15-7-5-11-18(15)21-19(22)14-6-4-10-17(12-14)23-16-8-2-1-3-9-16;/h1-4,6,8-10,12,15,18H,5,7,11,13,20H2,(H,21,22);1H. The fourth-order valence-corrected chi connectivity index (χ4v) is 3.09. The van der Waals surface area contributed by atoms with Crippen LogP contribution in [0.2, 0.25) is 0 Å². The topological polar surface area (TPSA) is 64.3 Å². The molecule has 2 aromatic rings. The van der Waals surface area contributed by atoms with Crippen LogP contribution in [-0.2, 0) is 0 Å². The number of benzene rings is 2. The molecule has 1 aliphatic carbocycles. The van der Waals surface area contributed by atoms with Gasteiger partial charge < -0.3 is 15.8 Å². The zero-order chi connectivity index (χ0) is 16.1. The predicted octanol–water partition coefficient (Wildman–Crippen LogP) is 3.76. The van der Waals surface area contributed by atoms with E-state index in [-0.39, 0.29) is 24.4 Å². The Bertz CT molecular complexity index is 663. The van der Waals surface area contributed by atoms with Crippen molar-refractivity contribution in [2.24, 2.45) is 11.7 Å². The van der Waals surface area contributed by atoms with Crippen LogP contribution in [0.1, 0.15) is 29.6 Å². The highest BCUT2D eigenvalue weighted by atomic mass is 35.5. The summed E-state index contributed by atoms with van der Waals surface area (Å²) in [6, 6.07) is 17.0. The minimum Gasteiger partial charge on any atom is -0.457 e. The minimum absolute atomic E-state index is 0. The van der Waals surface area contributed by atoms with Crippen molar-refractivity contribution in [2.45, 2.75) is 25.3 Å². The molecule has 2 unspecified atom stereocenters. The van der Waals surface area contributed by atoms with E-state index < -0.39 is 0 Å². The third-order valence-electron chi connectivity index (χ3n) is 4.35. The summed E-state index contributed by atoms with van der Waals surface area (Å²) < 4.78 is 5.78. The van der Waals surface area contributed by atoms with Gasteiger partial charge in [0.05, 0.1) is 0 Å². The highest BCUT2D eigenvalue weighted by Crippen LogP contribution is 2.26. The molecule has 0 radical (unpaired) electrons. The average Bonchev–Trinajstić information content (AvgIpc) is 3.03. The average molecular weight is 347 g/mol. The van der Waals surface area contributed by atoms with E-state index in [1.165, 1.54) is 0 Å². The number of carbonyl (C=O) groups excluding carboxylic acids is 1. The van der Waals surface area contributed by atoms with Gasteiger partial charge in [0.15, 0.2) is 0 Å². The van der Waals surface area contributed by atoms with E-state index in [0.717, 1.165) is 25.0 Å². The Kier molecular flexibility index (Phi) is 6.64. The van der Waals surface area contributed by atoms with Crippen molar-refractivity contribution in [1.29, 1.82) is 0 Å². The number of carbonyl (C=O) groups is 1. The maximum Gasteiger partial charge on any atom is 0.251 e.